The van der Waals surface area contributed by atoms with Crippen LogP contribution in [0, 0.1) is 0 Å². The van der Waals surface area contributed by atoms with Gasteiger partial charge in [-0.05, 0) is 84.9 Å². The van der Waals surface area contributed by atoms with Crippen LogP contribution >= 0.6 is 0 Å². The molecule has 0 aliphatic heterocycles. The predicted octanol–water partition coefficient (Wildman–Crippen LogP) is 9.12. The van der Waals surface area contributed by atoms with E-state index in [0.29, 0.717) is 17.5 Å². The molecule has 0 spiro atoms. The molecule has 3 aromatic carbocycles. The highest BCUT2D eigenvalue weighted by atomic mass is 15.0. The Morgan fingerprint density at radius 3 is 0.854 bits per heavy atom. The molecule has 0 amide bonds. The van der Waals surface area contributed by atoms with Gasteiger partial charge in [-0.1, -0.05) is 54.6 Å². The zero-order valence-corrected chi connectivity index (χ0v) is 25.7. The molecule has 5 heterocycles. The number of hydrogen-bond acceptors (Lipinski definition) is 7. The van der Waals surface area contributed by atoms with Gasteiger partial charge in [0.15, 0.2) is 17.5 Å². The van der Waals surface area contributed by atoms with Crippen LogP contribution in [0.15, 0.2) is 164 Å². The average molecular weight is 618 g/mol. The second kappa shape index (κ2) is 12.9. The monoisotopic (exact) mass is 617 g/mol. The van der Waals surface area contributed by atoms with Gasteiger partial charge in [0, 0.05) is 63.7 Å². The lowest BCUT2D eigenvalue weighted by molar-refractivity contribution is 1.07. The number of pyridine rings is 4. The van der Waals surface area contributed by atoms with Gasteiger partial charge < -0.3 is 0 Å². The molecule has 48 heavy (non-hydrogen) atoms. The lowest BCUT2D eigenvalue weighted by atomic mass is 9.99. The van der Waals surface area contributed by atoms with Crippen molar-refractivity contribution in [1.29, 1.82) is 0 Å². The third-order valence-corrected chi connectivity index (χ3v) is 7.89. The van der Waals surface area contributed by atoms with E-state index in [1.165, 1.54) is 0 Å². The van der Waals surface area contributed by atoms with E-state index >= 15 is 0 Å². The van der Waals surface area contributed by atoms with Gasteiger partial charge >= 0.3 is 0 Å². The molecular formula is C41H27N7. The quantitative estimate of drug-likeness (QED) is 0.176. The summed E-state index contributed by atoms with van der Waals surface area (Å²) in [5, 5.41) is 0. The molecule has 0 fully saturated rings. The molecule has 0 unspecified atom stereocenters. The Morgan fingerprint density at radius 2 is 0.542 bits per heavy atom. The van der Waals surface area contributed by atoms with Gasteiger partial charge in [-0.15, -0.1) is 0 Å². The van der Waals surface area contributed by atoms with Crippen molar-refractivity contribution in [2.45, 2.75) is 0 Å². The largest absolute Gasteiger partial charge is 0.256 e. The van der Waals surface area contributed by atoms with Crippen LogP contribution in [0.4, 0.5) is 0 Å². The zero-order valence-electron chi connectivity index (χ0n) is 25.7. The lowest BCUT2D eigenvalue weighted by Crippen LogP contribution is -2.01. The smallest absolute Gasteiger partial charge is 0.164 e. The Balaban J connectivity index is 1.36. The van der Waals surface area contributed by atoms with Crippen molar-refractivity contribution in [3.8, 4) is 79.2 Å². The van der Waals surface area contributed by atoms with Crippen LogP contribution in [-0.2, 0) is 0 Å². The minimum absolute atomic E-state index is 0.538. The fourth-order valence-electron chi connectivity index (χ4n) is 5.59. The minimum atomic E-state index is 0.538. The van der Waals surface area contributed by atoms with Gasteiger partial charge in [-0.3, -0.25) is 19.9 Å². The summed E-state index contributed by atoms with van der Waals surface area (Å²) in [6.07, 6.45) is 7.19. The van der Waals surface area contributed by atoms with Crippen LogP contribution in [0.5, 0.6) is 0 Å². The van der Waals surface area contributed by atoms with Gasteiger partial charge in [0.1, 0.15) is 0 Å². The summed E-state index contributed by atoms with van der Waals surface area (Å²) in [5.41, 5.74) is 9.66. The van der Waals surface area contributed by atoms with Gasteiger partial charge in [0.2, 0.25) is 0 Å². The second-order valence-corrected chi connectivity index (χ2v) is 11.1. The second-order valence-electron chi connectivity index (χ2n) is 11.1. The first-order valence-electron chi connectivity index (χ1n) is 15.5. The van der Waals surface area contributed by atoms with E-state index in [4.69, 9.17) is 15.0 Å². The summed E-state index contributed by atoms with van der Waals surface area (Å²) in [4.78, 5) is 33.8. The van der Waals surface area contributed by atoms with E-state index in [2.05, 4.69) is 56.3 Å². The molecule has 0 aliphatic carbocycles. The summed E-state index contributed by atoms with van der Waals surface area (Å²) in [6.45, 7) is 0. The minimum Gasteiger partial charge on any atom is -0.256 e. The van der Waals surface area contributed by atoms with Gasteiger partial charge in [-0.25, -0.2) is 15.0 Å². The number of rotatable bonds is 7. The average Bonchev–Trinajstić information content (AvgIpc) is 3.19. The predicted molar refractivity (Wildman–Crippen MR) is 189 cm³/mol. The SMILES string of the molecule is c1ccc(-c2nc(-c3cc(-c4ccccn4)cc(-c4ccccn4)c3)nc(-c3cc(-c4ccccn4)cc(-c4ccccn4)c3)n2)cc1. The number of aromatic nitrogens is 7. The van der Waals surface area contributed by atoms with Crippen LogP contribution in [-0.4, -0.2) is 34.9 Å². The fraction of sp³-hybridized carbons (Fsp3) is 0. The van der Waals surface area contributed by atoms with Crippen molar-refractivity contribution < 1.29 is 0 Å². The third-order valence-electron chi connectivity index (χ3n) is 7.89. The van der Waals surface area contributed by atoms with Crippen molar-refractivity contribution in [1.82, 2.24) is 34.9 Å². The molecule has 8 rings (SSSR count). The maximum absolute atomic E-state index is 5.13. The summed E-state index contributed by atoms with van der Waals surface area (Å²) < 4.78 is 0. The zero-order chi connectivity index (χ0) is 32.1. The Bertz CT molecular complexity index is 2060. The van der Waals surface area contributed by atoms with Crippen molar-refractivity contribution in [2.24, 2.45) is 0 Å². The topological polar surface area (TPSA) is 90.2 Å². The van der Waals surface area contributed by atoms with Crippen LogP contribution in [0.2, 0.25) is 0 Å². The number of nitrogens with zero attached hydrogens (tertiary/aromatic N) is 7. The molecule has 7 heteroatoms. The van der Waals surface area contributed by atoms with Crippen molar-refractivity contribution in [3.05, 3.63) is 164 Å². The molecule has 5 aromatic heterocycles. The first-order valence-corrected chi connectivity index (χ1v) is 15.5. The molecule has 0 saturated heterocycles. The highest BCUT2D eigenvalue weighted by Gasteiger charge is 2.17. The first-order chi connectivity index (χ1) is 23.8. The van der Waals surface area contributed by atoms with E-state index < -0.39 is 0 Å². The van der Waals surface area contributed by atoms with Crippen molar-refractivity contribution in [2.75, 3.05) is 0 Å². The molecule has 0 aliphatic rings. The Labute approximate surface area is 277 Å². The van der Waals surface area contributed by atoms with Gasteiger partial charge in [-0.2, -0.15) is 0 Å². The molecule has 8 aromatic rings. The summed E-state index contributed by atoms with van der Waals surface area (Å²) in [6, 6.07) is 46.1. The third kappa shape index (κ3) is 6.08. The summed E-state index contributed by atoms with van der Waals surface area (Å²) in [7, 11) is 0. The molecule has 0 saturated carbocycles. The fourth-order valence-corrected chi connectivity index (χ4v) is 5.59. The van der Waals surface area contributed by atoms with Crippen molar-refractivity contribution >= 4 is 0 Å². The molecule has 0 N–H and O–H groups in total. The maximum Gasteiger partial charge on any atom is 0.164 e. The Morgan fingerprint density at radius 1 is 0.250 bits per heavy atom. The maximum atomic E-state index is 5.13. The lowest BCUT2D eigenvalue weighted by Gasteiger charge is -2.13. The van der Waals surface area contributed by atoms with E-state index in [0.717, 1.165) is 61.7 Å². The molecule has 0 atom stereocenters. The van der Waals surface area contributed by atoms with E-state index in [1.807, 2.05) is 103 Å². The van der Waals surface area contributed by atoms with Crippen LogP contribution < -0.4 is 0 Å². The highest BCUT2D eigenvalue weighted by Crippen LogP contribution is 2.34. The molecular weight excluding hydrogens is 591 g/mol. The summed E-state index contributed by atoms with van der Waals surface area (Å²) in [5.74, 6) is 1.65. The molecule has 7 nitrogen and oxygen atoms in total. The Kier molecular flexibility index (Phi) is 7.74. The Hall–Kier alpha value is -6.73. The highest BCUT2D eigenvalue weighted by molar-refractivity contribution is 5.80. The normalized spacial score (nSPS) is 10.9. The molecule has 0 radical (unpaired) electrons. The van der Waals surface area contributed by atoms with E-state index in [-0.39, 0.29) is 0 Å². The van der Waals surface area contributed by atoms with E-state index in [1.54, 1.807) is 24.8 Å². The molecule has 0 bridgehead atoms. The van der Waals surface area contributed by atoms with E-state index in [9.17, 15) is 0 Å². The van der Waals surface area contributed by atoms with Crippen molar-refractivity contribution in [3.63, 3.8) is 0 Å². The summed E-state index contributed by atoms with van der Waals surface area (Å²) >= 11 is 0. The van der Waals surface area contributed by atoms with Crippen LogP contribution in [0.3, 0.4) is 0 Å². The van der Waals surface area contributed by atoms with Crippen LogP contribution in [0.25, 0.3) is 79.2 Å². The van der Waals surface area contributed by atoms with Gasteiger partial charge in [0.05, 0.1) is 22.8 Å². The standard InChI is InChI=1S/C41H27N7/c1-2-12-28(13-3-1)39-46-40(33-24-29(35-14-4-8-18-42-35)22-30(25-33)36-15-5-9-19-43-36)48-41(47-39)34-26-31(37-16-6-10-20-44-37)23-32(27-34)38-17-7-11-21-45-38/h1-27H. The molecule has 226 valence electrons. The number of benzene rings is 3. The number of hydrogen-bond donors (Lipinski definition) is 0. The van der Waals surface area contributed by atoms with Crippen LogP contribution in [0.1, 0.15) is 0 Å². The van der Waals surface area contributed by atoms with Gasteiger partial charge in [0.25, 0.3) is 0 Å². The first kappa shape index (κ1) is 28.7.